The van der Waals surface area contributed by atoms with Crippen molar-refractivity contribution in [3.05, 3.63) is 35.4 Å². The summed E-state index contributed by atoms with van der Waals surface area (Å²) in [6.45, 7) is 0.511. The lowest BCUT2D eigenvalue weighted by Crippen LogP contribution is -2.54. The summed E-state index contributed by atoms with van der Waals surface area (Å²) in [5, 5.41) is 8.90. The highest BCUT2D eigenvalue weighted by Gasteiger charge is 2.36. The number of carboxylic acid groups (broad SMARTS) is 1. The van der Waals surface area contributed by atoms with Gasteiger partial charge in [0.15, 0.2) is 0 Å². The van der Waals surface area contributed by atoms with Crippen molar-refractivity contribution in [2.24, 2.45) is 0 Å². The second kappa shape index (κ2) is 4.80. The monoisotopic (exact) mass is 289 g/mol. The van der Waals surface area contributed by atoms with Crippen molar-refractivity contribution in [2.75, 3.05) is 6.54 Å². The Bertz CT molecular complexity index is 513. The third-order valence-corrected chi connectivity index (χ3v) is 3.49. The normalized spacial score (nSPS) is 18.9. The minimum Gasteiger partial charge on any atom is -0.480 e. The minimum absolute atomic E-state index is 0.271. The van der Waals surface area contributed by atoms with E-state index in [4.69, 9.17) is 17.3 Å². The van der Waals surface area contributed by atoms with Gasteiger partial charge in [-0.3, -0.25) is 0 Å². The van der Waals surface area contributed by atoms with Gasteiger partial charge in [0.1, 0.15) is 11.0 Å². The van der Waals surface area contributed by atoms with Crippen LogP contribution in [0.3, 0.4) is 0 Å². The fourth-order valence-electron chi connectivity index (χ4n) is 1.85. The van der Waals surface area contributed by atoms with E-state index < -0.39 is 23.8 Å². The van der Waals surface area contributed by atoms with Crippen molar-refractivity contribution in [2.45, 2.75) is 18.6 Å². The summed E-state index contributed by atoms with van der Waals surface area (Å²) in [5.41, 5.74) is -0.327. The molecule has 1 aliphatic heterocycles. The number of alkyl halides is 3. The molecule has 0 saturated carbocycles. The van der Waals surface area contributed by atoms with Gasteiger partial charge in [-0.2, -0.15) is 13.2 Å². The number of rotatable bonds is 2. The highest BCUT2D eigenvalue weighted by Crippen LogP contribution is 2.30. The maximum absolute atomic E-state index is 12.4. The molecule has 0 aliphatic carbocycles. The zero-order valence-electron chi connectivity index (χ0n) is 9.65. The Hall–Kier alpha value is -1.63. The minimum atomic E-state index is -4.39. The average molecular weight is 289 g/mol. The van der Waals surface area contributed by atoms with Gasteiger partial charge in [0.2, 0.25) is 0 Å². The third kappa shape index (κ3) is 2.70. The predicted octanol–water partition coefficient (Wildman–Crippen LogP) is 2.54. The van der Waals surface area contributed by atoms with E-state index in [9.17, 15) is 18.0 Å². The number of halogens is 3. The quantitative estimate of drug-likeness (QED) is 0.849. The summed E-state index contributed by atoms with van der Waals surface area (Å²) in [4.78, 5) is 12.6. The molecule has 19 heavy (non-hydrogen) atoms. The van der Waals surface area contributed by atoms with Crippen molar-refractivity contribution in [3.8, 4) is 0 Å². The molecule has 0 aromatic heterocycles. The van der Waals surface area contributed by atoms with Gasteiger partial charge in [-0.1, -0.05) is 24.4 Å². The molecule has 3 nitrogen and oxygen atoms in total. The van der Waals surface area contributed by atoms with Gasteiger partial charge >= 0.3 is 12.1 Å². The SMILES string of the molecule is O=C(O)[C@H]1CCN1C(=S)c1ccc(C(F)(F)F)cc1. The number of thiocarbonyl (C=S) groups is 1. The van der Waals surface area contributed by atoms with Gasteiger partial charge in [-0.15, -0.1) is 0 Å². The highest BCUT2D eigenvalue weighted by molar-refractivity contribution is 7.80. The molecule has 1 aliphatic rings. The molecular weight excluding hydrogens is 279 g/mol. The number of carboxylic acids is 1. The lowest BCUT2D eigenvalue weighted by molar-refractivity contribution is -0.145. The van der Waals surface area contributed by atoms with Crippen LogP contribution >= 0.6 is 12.2 Å². The number of benzene rings is 1. The molecular formula is C12H10F3NO2S. The van der Waals surface area contributed by atoms with Crippen LogP contribution in [0.15, 0.2) is 24.3 Å². The Balaban J connectivity index is 2.15. The molecule has 0 bridgehead atoms. The zero-order valence-corrected chi connectivity index (χ0v) is 10.5. The van der Waals surface area contributed by atoms with Crippen molar-refractivity contribution in [3.63, 3.8) is 0 Å². The second-order valence-electron chi connectivity index (χ2n) is 4.22. The summed E-state index contributed by atoms with van der Waals surface area (Å²) in [6.07, 6.45) is -3.89. The smallest absolute Gasteiger partial charge is 0.416 e. The number of aliphatic carboxylic acids is 1. The molecule has 7 heteroatoms. The Morgan fingerprint density at radius 2 is 1.89 bits per heavy atom. The molecule has 0 spiro atoms. The van der Waals surface area contributed by atoms with E-state index in [0.717, 1.165) is 12.1 Å². The molecule has 1 saturated heterocycles. The lowest BCUT2D eigenvalue weighted by Gasteiger charge is -2.40. The molecule has 1 fully saturated rings. The van der Waals surface area contributed by atoms with Gasteiger partial charge in [0.25, 0.3) is 0 Å². The van der Waals surface area contributed by atoms with E-state index >= 15 is 0 Å². The summed E-state index contributed by atoms with van der Waals surface area (Å²) in [5.74, 6) is -0.972. The second-order valence-corrected chi connectivity index (χ2v) is 4.60. The summed E-state index contributed by atoms with van der Waals surface area (Å²) < 4.78 is 37.2. The van der Waals surface area contributed by atoms with Gasteiger partial charge < -0.3 is 10.0 Å². The average Bonchev–Trinajstić information content (AvgIpc) is 2.25. The van der Waals surface area contributed by atoms with Crippen LogP contribution in [0.4, 0.5) is 13.2 Å². The van der Waals surface area contributed by atoms with Crippen LogP contribution in [0.1, 0.15) is 17.5 Å². The first-order valence-electron chi connectivity index (χ1n) is 5.52. The van der Waals surface area contributed by atoms with Gasteiger partial charge in [-0.05, 0) is 18.6 Å². The van der Waals surface area contributed by atoms with Gasteiger partial charge in [0, 0.05) is 12.1 Å². The Morgan fingerprint density at radius 1 is 1.32 bits per heavy atom. The number of hydrogen-bond donors (Lipinski definition) is 1. The number of likely N-dealkylation sites (tertiary alicyclic amines) is 1. The summed E-state index contributed by atoms with van der Waals surface area (Å²) in [6, 6.07) is 3.74. The van der Waals surface area contributed by atoms with Gasteiger partial charge in [-0.25, -0.2) is 4.79 Å². The van der Waals surface area contributed by atoms with Crippen LogP contribution in [0.25, 0.3) is 0 Å². The van der Waals surface area contributed by atoms with E-state index in [1.807, 2.05) is 0 Å². The fourth-order valence-corrected chi connectivity index (χ4v) is 2.21. The molecule has 2 rings (SSSR count). The molecule has 1 heterocycles. The van der Waals surface area contributed by atoms with Gasteiger partial charge in [0.05, 0.1) is 5.56 Å². The third-order valence-electron chi connectivity index (χ3n) is 3.02. The zero-order chi connectivity index (χ0) is 14.2. The van der Waals surface area contributed by atoms with Crippen LogP contribution < -0.4 is 0 Å². The van der Waals surface area contributed by atoms with Crippen LogP contribution in [0, 0.1) is 0 Å². The molecule has 0 radical (unpaired) electrons. The Labute approximate surface area is 112 Å². The van der Waals surface area contributed by atoms with Crippen molar-refractivity contribution >= 4 is 23.2 Å². The number of hydrogen-bond acceptors (Lipinski definition) is 2. The van der Waals surface area contributed by atoms with E-state index in [0.29, 0.717) is 18.5 Å². The maximum atomic E-state index is 12.4. The van der Waals surface area contributed by atoms with Crippen LogP contribution in [-0.4, -0.2) is 33.6 Å². The fraction of sp³-hybridized carbons (Fsp3) is 0.333. The van der Waals surface area contributed by atoms with E-state index in [2.05, 4.69) is 0 Å². The predicted molar refractivity (Wildman–Crippen MR) is 65.9 cm³/mol. The summed E-state index contributed by atoms with van der Waals surface area (Å²) in [7, 11) is 0. The topological polar surface area (TPSA) is 40.5 Å². The van der Waals surface area contributed by atoms with E-state index in [1.54, 1.807) is 0 Å². The molecule has 1 atom stereocenters. The molecule has 1 aromatic carbocycles. The Kier molecular flexibility index (Phi) is 3.49. The maximum Gasteiger partial charge on any atom is 0.416 e. The van der Waals surface area contributed by atoms with Crippen LogP contribution in [-0.2, 0) is 11.0 Å². The van der Waals surface area contributed by atoms with E-state index in [-0.39, 0.29) is 4.99 Å². The number of nitrogens with zero attached hydrogens (tertiary/aromatic N) is 1. The van der Waals surface area contributed by atoms with Crippen LogP contribution in [0.5, 0.6) is 0 Å². The first-order chi connectivity index (χ1) is 8.80. The van der Waals surface area contributed by atoms with E-state index in [1.165, 1.54) is 17.0 Å². The molecule has 0 unspecified atom stereocenters. The van der Waals surface area contributed by atoms with Crippen molar-refractivity contribution < 1.29 is 23.1 Å². The standard InChI is InChI=1S/C12H10F3NO2S/c13-12(14,15)8-3-1-7(2-4-8)10(19)16-6-5-9(16)11(17)18/h1-4,9H,5-6H2,(H,17,18)/t9-/m1/s1. The highest BCUT2D eigenvalue weighted by atomic mass is 32.1. The molecule has 0 amide bonds. The molecule has 1 aromatic rings. The number of carbonyl (C=O) groups is 1. The first-order valence-corrected chi connectivity index (χ1v) is 5.92. The Morgan fingerprint density at radius 3 is 2.26 bits per heavy atom. The molecule has 102 valence electrons. The lowest BCUT2D eigenvalue weighted by atomic mass is 10.0. The van der Waals surface area contributed by atoms with Crippen molar-refractivity contribution in [1.82, 2.24) is 4.90 Å². The molecule has 1 N–H and O–H groups in total. The first kappa shape index (κ1) is 13.8. The van der Waals surface area contributed by atoms with Crippen LogP contribution in [0.2, 0.25) is 0 Å². The summed E-state index contributed by atoms with van der Waals surface area (Å²) >= 11 is 5.11. The van der Waals surface area contributed by atoms with Crippen molar-refractivity contribution in [1.29, 1.82) is 0 Å². The largest absolute Gasteiger partial charge is 0.480 e.